The van der Waals surface area contributed by atoms with Gasteiger partial charge in [-0.15, -0.1) is 0 Å². The Hall–Kier alpha value is -2.75. The van der Waals surface area contributed by atoms with Gasteiger partial charge in [0, 0.05) is 22.6 Å². The fourth-order valence-corrected chi connectivity index (χ4v) is 3.31. The number of benzene rings is 1. The number of carbonyl (C=O) groups excluding carboxylic acids is 1. The van der Waals surface area contributed by atoms with Gasteiger partial charge < -0.3 is 4.90 Å². The number of aromatic nitrogens is 2. The van der Waals surface area contributed by atoms with Crippen LogP contribution in [-0.2, 0) is 0 Å². The maximum Gasteiger partial charge on any atom is 0.355 e. The van der Waals surface area contributed by atoms with Crippen LogP contribution in [0.3, 0.4) is 0 Å². The molecular weight excluding hydrogens is 416 g/mol. The summed E-state index contributed by atoms with van der Waals surface area (Å²) in [5, 5.41) is 11.7. The topological polar surface area (TPSA) is 113 Å². The van der Waals surface area contributed by atoms with Gasteiger partial charge in [0.2, 0.25) is 11.6 Å². The van der Waals surface area contributed by atoms with E-state index in [9.17, 15) is 14.9 Å². The van der Waals surface area contributed by atoms with Crippen molar-refractivity contribution in [2.24, 2.45) is 0 Å². The molecule has 1 aromatic heterocycles. The molecule has 1 unspecified atom stereocenters. The van der Waals surface area contributed by atoms with E-state index in [2.05, 4.69) is 36.7 Å². The molecule has 2 aromatic rings. The van der Waals surface area contributed by atoms with Crippen molar-refractivity contribution in [1.82, 2.24) is 15.4 Å². The lowest BCUT2D eigenvalue weighted by Crippen LogP contribution is -2.38. The van der Waals surface area contributed by atoms with Gasteiger partial charge in [-0.05, 0) is 50.5 Å². The molecule has 2 heterocycles. The van der Waals surface area contributed by atoms with Gasteiger partial charge in [0.1, 0.15) is 6.33 Å². The summed E-state index contributed by atoms with van der Waals surface area (Å²) in [7, 11) is 0. The van der Waals surface area contributed by atoms with E-state index >= 15 is 0 Å². The van der Waals surface area contributed by atoms with E-state index in [0.29, 0.717) is 12.1 Å². The van der Waals surface area contributed by atoms with Crippen LogP contribution in [0.1, 0.15) is 36.5 Å². The molecule has 1 atom stereocenters. The molecule has 10 heteroatoms. The zero-order chi connectivity index (χ0) is 19.4. The first-order valence-corrected chi connectivity index (χ1v) is 9.34. The largest absolute Gasteiger partial charge is 0.355 e. The van der Waals surface area contributed by atoms with Crippen LogP contribution in [0.2, 0.25) is 0 Å². The lowest BCUT2D eigenvalue weighted by Gasteiger charge is -2.33. The molecule has 0 bridgehead atoms. The van der Waals surface area contributed by atoms with E-state index in [-0.39, 0.29) is 23.4 Å². The fourth-order valence-electron chi connectivity index (χ4n) is 3.04. The maximum atomic E-state index is 12.2. The molecule has 0 saturated carbocycles. The number of amides is 1. The van der Waals surface area contributed by atoms with Gasteiger partial charge in [0.15, 0.2) is 0 Å². The van der Waals surface area contributed by atoms with Crippen molar-refractivity contribution in [3.05, 3.63) is 50.7 Å². The number of hydrazine groups is 1. The molecule has 9 nitrogen and oxygen atoms in total. The third-order valence-electron chi connectivity index (χ3n) is 4.46. The lowest BCUT2D eigenvalue weighted by molar-refractivity contribution is -0.383. The van der Waals surface area contributed by atoms with Crippen LogP contribution >= 0.6 is 15.9 Å². The van der Waals surface area contributed by atoms with Crippen LogP contribution in [0.4, 0.5) is 17.3 Å². The zero-order valence-electron chi connectivity index (χ0n) is 14.7. The second-order valence-corrected chi connectivity index (χ2v) is 7.19. The predicted octanol–water partition coefficient (Wildman–Crippen LogP) is 3.28. The first-order chi connectivity index (χ1) is 13.0. The average Bonchev–Trinajstić information content (AvgIpc) is 2.66. The monoisotopic (exact) mass is 434 g/mol. The van der Waals surface area contributed by atoms with E-state index in [0.717, 1.165) is 23.7 Å². The molecule has 142 valence electrons. The van der Waals surface area contributed by atoms with Crippen LogP contribution in [0.15, 0.2) is 35.1 Å². The number of hydrogen-bond acceptors (Lipinski definition) is 7. The number of carbonyl (C=O) groups is 1. The normalized spacial score (nSPS) is 16.7. The average molecular weight is 435 g/mol. The Morgan fingerprint density at radius 2 is 2.04 bits per heavy atom. The van der Waals surface area contributed by atoms with E-state index in [1.54, 1.807) is 24.3 Å². The Morgan fingerprint density at radius 1 is 1.30 bits per heavy atom. The summed E-state index contributed by atoms with van der Waals surface area (Å²) in [4.78, 5) is 33.4. The number of hydrogen-bond donors (Lipinski definition) is 2. The molecule has 0 aliphatic carbocycles. The SMILES string of the molecule is CC1CCCCN1c1ncnc(NNC(=O)c2ccc(Br)cc2)c1[N+](=O)[O-]. The zero-order valence-corrected chi connectivity index (χ0v) is 16.3. The van der Waals surface area contributed by atoms with E-state index in [4.69, 9.17) is 0 Å². The molecule has 0 radical (unpaired) electrons. The second-order valence-electron chi connectivity index (χ2n) is 6.28. The van der Waals surface area contributed by atoms with Gasteiger partial charge in [0.25, 0.3) is 5.91 Å². The second kappa shape index (κ2) is 8.30. The van der Waals surface area contributed by atoms with E-state index < -0.39 is 10.8 Å². The number of piperidine rings is 1. The van der Waals surface area contributed by atoms with Gasteiger partial charge in [0.05, 0.1) is 4.92 Å². The minimum absolute atomic E-state index is 0.0479. The summed E-state index contributed by atoms with van der Waals surface area (Å²) < 4.78 is 0.846. The summed E-state index contributed by atoms with van der Waals surface area (Å²) in [5.41, 5.74) is 5.19. The summed E-state index contributed by atoms with van der Waals surface area (Å²) >= 11 is 3.30. The Morgan fingerprint density at radius 3 is 2.70 bits per heavy atom. The van der Waals surface area contributed by atoms with Gasteiger partial charge in [-0.2, -0.15) is 0 Å². The van der Waals surface area contributed by atoms with Crippen LogP contribution in [0.5, 0.6) is 0 Å². The van der Waals surface area contributed by atoms with Crippen molar-refractivity contribution in [2.45, 2.75) is 32.2 Å². The number of halogens is 1. The van der Waals surface area contributed by atoms with Gasteiger partial charge in [-0.25, -0.2) is 9.97 Å². The van der Waals surface area contributed by atoms with Gasteiger partial charge in [-0.3, -0.25) is 25.8 Å². The fraction of sp³-hybridized carbons (Fsp3) is 0.353. The summed E-state index contributed by atoms with van der Waals surface area (Å²) in [6.07, 6.45) is 4.25. The smallest absolute Gasteiger partial charge is 0.348 e. The van der Waals surface area contributed by atoms with Gasteiger partial charge in [-0.1, -0.05) is 15.9 Å². The molecule has 0 spiro atoms. The molecule has 1 fully saturated rings. The lowest BCUT2D eigenvalue weighted by atomic mass is 10.0. The Bertz CT molecular complexity index is 845. The highest BCUT2D eigenvalue weighted by atomic mass is 79.9. The number of nitrogens with one attached hydrogen (secondary N) is 2. The van der Waals surface area contributed by atoms with Crippen molar-refractivity contribution in [3.8, 4) is 0 Å². The highest BCUT2D eigenvalue weighted by molar-refractivity contribution is 9.10. The Balaban J connectivity index is 1.82. The van der Waals surface area contributed by atoms with E-state index in [1.165, 1.54) is 6.33 Å². The van der Waals surface area contributed by atoms with Crippen molar-refractivity contribution in [1.29, 1.82) is 0 Å². The molecule has 3 rings (SSSR count). The third-order valence-corrected chi connectivity index (χ3v) is 4.99. The molecule has 1 aliphatic heterocycles. The molecule has 2 N–H and O–H groups in total. The minimum atomic E-state index is -0.523. The van der Waals surface area contributed by atoms with Crippen LogP contribution in [0, 0.1) is 10.1 Å². The third kappa shape index (κ3) is 4.33. The van der Waals surface area contributed by atoms with Crippen molar-refractivity contribution in [2.75, 3.05) is 16.9 Å². The van der Waals surface area contributed by atoms with E-state index in [1.807, 2.05) is 11.8 Å². The number of nitro groups is 1. The Kier molecular flexibility index (Phi) is 5.84. The minimum Gasteiger partial charge on any atom is -0.348 e. The highest BCUT2D eigenvalue weighted by Gasteiger charge is 2.30. The molecule has 1 amide bonds. The van der Waals surface area contributed by atoms with Gasteiger partial charge >= 0.3 is 5.69 Å². The number of nitrogens with zero attached hydrogens (tertiary/aromatic N) is 4. The van der Waals surface area contributed by atoms with Crippen molar-refractivity contribution < 1.29 is 9.72 Å². The predicted molar refractivity (Wildman–Crippen MR) is 105 cm³/mol. The van der Waals surface area contributed by atoms with Crippen molar-refractivity contribution >= 4 is 39.2 Å². The molecule has 1 aliphatic rings. The number of anilines is 2. The quantitative estimate of drug-likeness (QED) is 0.547. The van der Waals surface area contributed by atoms with Crippen LogP contribution in [-0.4, -0.2) is 33.4 Å². The first kappa shape index (κ1) is 19.0. The van der Waals surface area contributed by atoms with Crippen LogP contribution in [0.25, 0.3) is 0 Å². The van der Waals surface area contributed by atoms with Crippen molar-refractivity contribution in [3.63, 3.8) is 0 Å². The standard InChI is InChI=1S/C17H19BrN6O3/c1-11-4-2-3-9-23(11)16-14(24(26)27)15(19-10-20-16)21-22-17(25)12-5-7-13(18)8-6-12/h5-8,10-11H,2-4,9H2,1H3,(H,22,25)(H,19,20,21). The molecule has 27 heavy (non-hydrogen) atoms. The number of rotatable bonds is 5. The summed E-state index contributed by atoms with van der Waals surface area (Å²) in [6.45, 7) is 2.72. The molecule has 1 saturated heterocycles. The molecular formula is C17H19BrN6O3. The highest BCUT2D eigenvalue weighted by Crippen LogP contribution is 2.34. The maximum absolute atomic E-state index is 12.2. The summed E-state index contributed by atoms with van der Waals surface area (Å²) in [6, 6.07) is 6.89. The summed E-state index contributed by atoms with van der Waals surface area (Å²) in [5.74, 6) is -0.209. The van der Waals surface area contributed by atoms with Crippen LogP contribution < -0.4 is 15.8 Å². The Labute approximate surface area is 164 Å². The molecule has 1 aromatic carbocycles. The first-order valence-electron chi connectivity index (χ1n) is 8.55.